The Morgan fingerprint density at radius 1 is 0.800 bits per heavy atom. The molecule has 0 saturated heterocycles. The summed E-state index contributed by atoms with van der Waals surface area (Å²) >= 11 is 0. The van der Waals surface area contributed by atoms with Crippen LogP contribution in [-0.2, 0) is 17.6 Å². The maximum absolute atomic E-state index is 10.3. The Bertz CT molecular complexity index is 526. The fourth-order valence-corrected chi connectivity index (χ4v) is 2.25. The Balaban J connectivity index is 2.03. The van der Waals surface area contributed by atoms with Crippen molar-refractivity contribution < 1.29 is 9.90 Å². The maximum atomic E-state index is 10.3. The van der Waals surface area contributed by atoms with Crippen LogP contribution in [0.25, 0.3) is 11.1 Å². The molecule has 20 heavy (non-hydrogen) atoms. The molecule has 2 heteroatoms. The van der Waals surface area contributed by atoms with Crippen LogP contribution in [0.5, 0.6) is 0 Å². The molecule has 0 aromatic heterocycles. The first kappa shape index (κ1) is 14.5. The molecular formula is C18H20O2. The largest absolute Gasteiger partial charge is 0.396 e. The number of unbranched alkanes of at least 4 members (excludes halogenated alkanes) is 1. The first-order chi connectivity index (χ1) is 9.83. The Kier molecular flexibility index (Phi) is 5.51. The lowest BCUT2D eigenvalue weighted by Gasteiger charge is -2.05. The fraction of sp³-hybridized carbons (Fsp3) is 0.278. The quantitative estimate of drug-likeness (QED) is 0.617. The van der Waals surface area contributed by atoms with E-state index in [4.69, 9.17) is 5.11 Å². The van der Waals surface area contributed by atoms with Gasteiger partial charge in [-0.25, -0.2) is 0 Å². The van der Waals surface area contributed by atoms with Gasteiger partial charge in [0.1, 0.15) is 6.29 Å². The van der Waals surface area contributed by atoms with Crippen LogP contribution in [0.15, 0.2) is 48.5 Å². The molecule has 0 unspecified atom stereocenters. The Hall–Kier alpha value is -1.93. The van der Waals surface area contributed by atoms with E-state index in [-0.39, 0.29) is 6.61 Å². The predicted molar refractivity (Wildman–Crippen MR) is 81.7 cm³/mol. The number of hydrogen-bond acceptors (Lipinski definition) is 2. The standard InChI is InChI=1S/C18H20O2/c19-13-2-1-3-15-4-8-17(9-5-15)18-10-6-16(7-11-18)12-14-20/h4-11,13,20H,1-3,12,14H2. The number of aldehydes is 1. The predicted octanol–water partition coefficient (Wildman–Crippen LogP) is 3.41. The third kappa shape index (κ3) is 4.04. The number of carbonyl (C=O) groups excluding carboxylic acids is 1. The number of aryl methyl sites for hydroxylation is 1. The van der Waals surface area contributed by atoms with Crippen LogP contribution in [0.1, 0.15) is 24.0 Å². The zero-order valence-electron chi connectivity index (χ0n) is 11.6. The highest BCUT2D eigenvalue weighted by atomic mass is 16.2. The van der Waals surface area contributed by atoms with Crippen molar-refractivity contribution in [2.45, 2.75) is 25.7 Å². The molecule has 1 N–H and O–H groups in total. The summed E-state index contributed by atoms with van der Waals surface area (Å²) in [6.07, 6.45) is 4.18. The minimum atomic E-state index is 0.189. The van der Waals surface area contributed by atoms with Crippen LogP contribution in [0, 0.1) is 0 Å². The normalized spacial score (nSPS) is 10.4. The summed E-state index contributed by atoms with van der Waals surface area (Å²) in [4.78, 5) is 10.3. The zero-order valence-corrected chi connectivity index (χ0v) is 11.6. The Labute approximate surface area is 120 Å². The molecule has 0 amide bonds. The second-order valence-corrected chi connectivity index (χ2v) is 4.93. The van der Waals surface area contributed by atoms with E-state index >= 15 is 0 Å². The summed E-state index contributed by atoms with van der Waals surface area (Å²) in [5.74, 6) is 0. The average Bonchev–Trinajstić information content (AvgIpc) is 2.49. The third-order valence-corrected chi connectivity index (χ3v) is 3.43. The van der Waals surface area contributed by atoms with Gasteiger partial charge >= 0.3 is 0 Å². The van der Waals surface area contributed by atoms with E-state index in [0.29, 0.717) is 12.8 Å². The van der Waals surface area contributed by atoms with Crippen molar-refractivity contribution in [3.63, 3.8) is 0 Å². The van der Waals surface area contributed by atoms with Gasteiger partial charge in [0.05, 0.1) is 0 Å². The zero-order chi connectivity index (χ0) is 14.2. The van der Waals surface area contributed by atoms with Gasteiger partial charge in [-0.05, 0) is 41.5 Å². The summed E-state index contributed by atoms with van der Waals surface area (Å²) in [6, 6.07) is 16.8. The highest BCUT2D eigenvalue weighted by molar-refractivity contribution is 5.64. The Morgan fingerprint density at radius 2 is 1.30 bits per heavy atom. The lowest BCUT2D eigenvalue weighted by molar-refractivity contribution is -0.107. The van der Waals surface area contributed by atoms with Crippen LogP contribution in [-0.4, -0.2) is 18.0 Å². The van der Waals surface area contributed by atoms with E-state index in [9.17, 15) is 4.79 Å². The van der Waals surface area contributed by atoms with Crippen molar-refractivity contribution in [2.75, 3.05) is 6.61 Å². The van der Waals surface area contributed by atoms with Crippen LogP contribution in [0.3, 0.4) is 0 Å². The molecule has 2 nitrogen and oxygen atoms in total. The molecule has 2 rings (SSSR count). The van der Waals surface area contributed by atoms with Crippen molar-refractivity contribution in [1.82, 2.24) is 0 Å². The van der Waals surface area contributed by atoms with Gasteiger partial charge in [-0.15, -0.1) is 0 Å². The number of benzene rings is 2. The van der Waals surface area contributed by atoms with E-state index < -0.39 is 0 Å². The number of hydrogen-bond donors (Lipinski definition) is 1. The molecule has 0 saturated carbocycles. The molecule has 104 valence electrons. The minimum Gasteiger partial charge on any atom is -0.396 e. The second-order valence-electron chi connectivity index (χ2n) is 4.93. The van der Waals surface area contributed by atoms with Gasteiger partial charge in [0.25, 0.3) is 0 Å². The Morgan fingerprint density at radius 3 is 1.75 bits per heavy atom. The third-order valence-electron chi connectivity index (χ3n) is 3.43. The average molecular weight is 268 g/mol. The molecule has 0 fully saturated rings. The van der Waals surface area contributed by atoms with E-state index in [0.717, 1.165) is 24.7 Å². The molecule has 0 radical (unpaired) electrons. The molecule has 0 heterocycles. The van der Waals surface area contributed by atoms with E-state index in [1.54, 1.807) is 0 Å². The van der Waals surface area contributed by atoms with Gasteiger partial charge in [0.2, 0.25) is 0 Å². The topological polar surface area (TPSA) is 37.3 Å². The lowest BCUT2D eigenvalue weighted by atomic mass is 10.0. The number of rotatable bonds is 7. The summed E-state index contributed by atoms with van der Waals surface area (Å²) in [5.41, 5.74) is 4.81. The molecule has 0 spiro atoms. The smallest absolute Gasteiger partial charge is 0.120 e. The lowest BCUT2D eigenvalue weighted by Crippen LogP contribution is -1.90. The molecule has 0 aliphatic rings. The maximum Gasteiger partial charge on any atom is 0.120 e. The van der Waals surface area contributed by atoms with Crippen LogP contribution in [0.2, 0.25) is 0 Å². The molecule has 0 aliphatic carbocycles. The summed E-state index contributed by atoms with van der Waals surface area (Å²) in [6.45, 7) is 0.189. The first-order valence-electron chi connectivity index (χ1n) is 7.06. The number of carbonyl (C=O) groups is 1. The molecule has 2 aromatic carbocycles. The number of aliphatic hydroxyl groups excluding tert-OH is 1. The van der Waals surface area contributed by atoms with Gasteiger partial charge < -0.3 is 9.90 Å². The van der Waals surface area contributed by atoms with E-state index in [1.807, 2.05) is 0 Å². The van der Waals surface area contributed by atoms with Crippen LogP contribution >= 0.6 is 0 Å². The monoisotopic (exact) mass is 268 g/mol. The fourth-order valence-electron chi connectivity index (χ4n) is 2.25. The highest BCUT2D eigenvalue weighted by Gasteiger charge is 1.99. The van der Waals surface area contributed by atoms with Gasteiger partial charge in [-0.2, -0.15) is 0 Å². The summed E-state index contributed by atoms with van der Waals surface area (Å²) in [5, 5.41) is 8.90. The van der Waals surface area contributed by atoms with Gasteiger partial charge in [0, 0.05) is 13.0 Å². The van der Waals surface area contributed by atoms with E-state index in [1.165, 1.54) is 16.7 Å². The molecule has 0 bridgehead atoms. The molecular weight excluding hydrogens is 248 g/mol. The summed E-state index contributed by atoms with van der Waals surface area (Å²) in [7, 11) is 0. The van der Waals surface area contributed by atoms with Gasteiger partial charge in [-0.3, -0.25) is 0 Å². The molecule has 2 aromatic rings. The first-order valence-corrected chi connectivity index (χ1v) is 7.06. The van der Waals surface area contributed by atoms with Crippen molar-refractivity contribution in [2.24, 2.45) is 0 Å². The second kappa shape index (κ2) is 7.61. The summed E-state index contributed by atoms with van der Waals surface area (Å²) < 4.78 is 0. The van der Waals surface area contributed by atoms with E-state index in [2.05, 4.69) is 48.5 Å². The molecule has 0 aliphatic heterocycles. The van der Waals surface area contributed by atoms with Crippen LogP contribution < -0.4 is 0 Å². The van der Waals surface area contributed by atoms with Gasteiger partial charge in [0.15, 0.2) is 0 Å². The van der Waals surface area contributed by atoms with Gasteiger partial charge in [-0.1, -0.05) is 48.5 Å². The number of aliphatic hydroxyl groups is 1. The van der Waals surface area contributed by atoms with Crippen molar-refractivity contribution in [3.05, 3.63) is 59.7 Å². The SMILES string of the molecule is O=CCCCc1ccc(-c2ccc(CCO)cc2)cc1. The van der Waals surface area contributed by atoms with Crippen molar-refractivity contribution in [1.29, 1.82) is 0 Å². The van der Waals surface area contributed by atoms with Crippen LogP contribution in [0.4, 0.5) is 0 Å². The minimum absolute atomic E-state index is 0.189. The molecule has 0 atom stereocenters. The highest BCUT2D eigenvalue weighted by Crippen LogP contribution is 2.21. The van der Waals surface area contributed by atoms with Crippen molar-refractivity contribution >= 4 is 6.29 Å². The van der Waals surface area contributed by atoms with Crippen molar-refractivity contribution in [3.8, 4) is 11.1 Å².